The molecule has 0 bridgehead atoms. The Hall–Kier alpha value is -1.36. The van der Waals surface area contributed by atoms with Crippen LogP contribution in [0.4, 0.5) is 0 Å². The van der Waals surface area contributed by atoms with Gasteiger partial charge in [0.15, 0.2) is 0 Å². The van der Waals surface area contributed by atoms with E-state index in [4.69, 9.17) is 0 Å². The molecule has 3 rings (SSSR count). The Labute approximate surface area is 152 Å². The first-order valence-corrected chi connectivity index (χ1v) is 9.98. The van der Waals surface area contributed by atoms with Crippen molar-refractivity contribution < 1.29 is 9.59 Å². The molecule has 3 aliphatic rings. The lowest BCUT2D eigenvalue weighted by molar-refractivity contribution is -0.129. The Kier molecular flexibility index (Phi) is 6.15. The van der Waals surface area contributed by atoms with Gasteiger partial charge in [-0.1, -0.05) is 5.57 Å². The van der Waals surface area contributed by atoms with E-state index in [0.717, 1.165) is 58.7 Å². The van der Waals surface area contributed by atoms with Crippen LogP contribution >= 0.6 is 0 Å². The van der Waals surface area contributed by atoms with Crippen molar-refractivity contribution in [3.63, 3.8) is 0 Å². The van der Waals surface area contributed by atoms with Crippen molar-refractivity contribution in [3.05, 3.63) is 11.6 Å². The van der Waals surface area contributed by atoms with Gasteiger partial charge in [0.05, 0.1) is 0 Å². The minimum atomic E-state index is 0.189. The molecule has 2 aliphatic heterocycles. The van der Waals surface area contributed by atoms with Crippen LogP contribution in [0.25, 0.3) is 0 Å². The van der Waals surface area contributed by atoms with Crippen molar-refractivity contribution in [3.8, 4) is 0 Å². The maximum Gasteiger partial charge on any atom is 0.246 e. The lowest BCUT2D eigenvalue weighted by atomic mass is 9.97. The molecule has 2 amide bonds. The van der Waals surface area contributed by atoms with Gasteiger partial charge in [-0.15, -0.1) is 0 Å². The summed E-state index contributed by atoms with van der Waals surface area (Å²) in [6.45, 7) is 10.4. The summed E-state index contributed by atoms with van der Waals surface area (Å²) in [7, 11) is 0. The number of hydrogen-bond donors (Lipinski definition) is 0. The second-order valence-corrected chi connectivity index (χ2v) is 8.12. The van der Waals surface area contributed by atoms with Crippen molar-refractivity contribution >= 4 is 11.8 Å². The van der Waals surface area contributed by atoms with Crippen LogP contribution in [-0.2, 0) is 9.59 Å². The summed E-state index contributed by atoms with van der Waals surface area (Å²) < 4.78 is 0. The molecule has 140 valence electrons. The van der Waals surface area contributed by atoms with Crippen LogP contribution < -0.4 is 0 Å². The normalized spacial score (nSPS) is 26.5. The van der Waals surface area contributed by atoms with Gasteiger partial charge in [-0.3, -0.25) is 9.59 Å². The highest BCUT2D eigenvalue weighted by atomic mass is 16.2. The summed E-state index contributed by atoms with van der Waals surface area (Å²) in [5.74, 6) is 1.64. The van der Waals surface area contributed by atoms with Crippen LogP contribution in [0.15, 0.2) is 11.6 Å². The molecule has 1 aliphatic carbocycles. The number of rotatable bonds is 4. The van der Waals surface area contributed by atoms with E-state index in [0.29, 0.717) is 11.8 Å². The average Bonchev–Trinajstić information content (AvgIpc) is 3.42. The topological polar surface area (TPSA) is 43.9 Å². The quantitative estimate of drug-likeness (QED) is 0.732. The summed E-state index contributed by atoms with van der Waals surface area (Å²) >= 11 is 0. The zero-order valence-electron chi connectivity index (χ0n) is 15.9. The first-order valence-electron chi connectivity index (χ1n) is 9.98. The molecule has 1 saturated carbocycles. The fourth-order valence-corrected chi connectivity index (χ4v) is 4.19. The van der Waals surface area contributed by atoms with Crippen LogP contribution in [0.1, 0.15) is 46.0 Å². The van der Waals surface area contributed by atoms with Crippen LogP contribution in [0.5, 0.6) is 0 Å². The number of allylic oxidation sites excluding steroid dienone is 1. The predicted octanol–water partition coefficient (Wildman–Crippen LogP) is 2.14. The third-order valence-corrected chi connectivity index (χ3v) is 5.95. The van der Waals surface area contributed by atoms with Crippen molar-refractivity contribution in [2.75, 3.05) is 45.8 Å². The van der Waals surface area contributed by atoms with Crippen molar-refractivity contribution in [2.24, 2.45) is 11.8 Å². The fraction of sp³-hybridized carbons (Fsp3) is 0.800. The van der Waals surface area contributed by atoms with Crippen LogP contribution in [-0.4, -0.2) is 72.3 Å². The molecular formula is C20H33N3O2. The summed E-state index contributed by atoms with van der Waals surface area (Å²) in [6.07, 6.45) is 7.77. The summed E-state index contributed by atoms with van der Waals surface area (Å²) in [5.41, 5.74) is 1.27. The van der Waals surface area contributed by atoms with Crippen LogP contribution in [0.3, 0.4) is 0 Å². The number of hydrogen-bond acceptors (Lipinski definition) is 3. The highest BCUT2D eigenvalue weighted by molar-refractivity contribution is 5.88. The minimum absolute atomic E-state index is 0.189. The number of likely N-dealkylation sites (tertiary alicyclic amines) is 1. The Bertz CT molecular complexity index is 527. The molecule has 5 nitrogen and oxygen atoms in total. The Morgan fingerprint density at radius 1 is 0.920 bits per heavy atom. The van der Waals surface area contributed by atoms with E-state index in [9.17, 15) is 9.59 Å². The molecule has 0 spiro atoms. The molecular weight excluding hydrogens is 314 g/mol. The second-order valence-electron chi connectivity index (χ2n) is 8.12. The molecule has 0 aromatic carbocycles. The molecule has 1 unspecified atom stereocenters. The van der Waals surface area contributed by atoms with Gasteiger partial charge in [0.25, 0.3) is 0 Å². The van der Waals surface area contributed by atoms with E-state index in [-0.39, 0.29) is 11.8 Å². The molecule has 25 heavy (non-hydrogen) atoms. The number of carbonyl (C=O) groups is 2. The predicted molar refractivity (Wildman–Crippen MR) is 99.1 cm³/mol. The molecule has 1 atom stereocenters. The molecule has 0 N–H and O–H groups in total. The van der Waals surface area contributed by atoms with E-state index in [2.05, 4.69) is 16.7 Å². The molecule has 2 saturated heterocycles. The SMILES string of the molecule is CC(=O)N1CCCN(CC2CCCN(C(=O)C=C(C)C3CC3)C2)CC1. The zero-order valence-corrected chi connectivity index (χ0v) is 15.9. The number of nitrogens with zero attached hydrogens (tertiary/aromatic N) is 3. The van der Waals surface area contributed by atoms with E-state index >= 15 is 0 Å². The molecule has 0 aromatic heterocycles. The molecule has 2 heterocycles. The third kappa shape index (κ3) is 5.30. The molecule has 5 heteroatoms. The molecule has 3 fully saturated rings. The maximum absolute atomic E-state index is 12.5. The third-order valence-electron chi connectivity index (χ3n) is 5.95. The lowest BCUT2D eigenvalue weighted by Gasteiger charge is -2.35. The van der Waals surface area contributed by atoms with Gasteiger partial charge >= 0.3 is 0 Å². The summed E-state index contributed by atoms with van der Waals surface area (Å²) in [5, 5.41) is 0. The number of piperidine rings is 1. The second kappa shape index (κ2) is 8.35. The van der Waals surface area contributed by atoms with Gasteiger partial charge in [0.2, 0.25) is 11.8 Å². The highest BCUT2D eigenvalue weighted by Crippen LogP contribution is 2.36. The van der Waals surface area contributed by atoms with Gasteiger partial charge in [0.1, 0.15) is 0 Å². The number of carbonyl (C=O) groups excluding carboxylic acids is 2. The van der Waals surface area contributed by atoms with E-state index in [1.54, 1.807) is 6.92 Å². The van der Waals surface area contributed by atoms with Gasteiger partial charge in [0, 0.05) is 52.3 Å². The lowest BCUT2D eigenvalue weighted by Crippen LogP contribution is -2.44. The van der Waals surface area contributed by atoms with E-state index in [1.807, 2.05) is 11.0 Å². The Morgan fingerprint density at radius 2 is 1.68 bits per heavy atom. The number of amides is 2. The largest absolute Gasteiger partial charge is 0.342 e. The zero-order chi connectivity index (χ0) is 17.8. The van der Waals surface area contributed by atoms with Crippen LogP contribution in [0, 0.1) is 11.8 Å². The summed E-state index contributed by atoms with van der Waals surface area (Å²) in [6, 6.07) is 0. The molecule has 0 radical (unpaired) electrons. The van der Waals surface area contributed by atoms with Gasteiger partial charge < -0.3 is 14.7 Å². The Balaban J connectivity index is 1.49. The van der Waals surface area contributed by atoms with Crippen molar-refractivity contribution in [1.82, 2.24) is 14.7 Å². The fourth-order valence-electron chi connectivity index (χ4n) is 4.19. The smallest absolute Gasteiger partial charge is 0.246 e. The highest BCUT2D eigenvalue weighted by Gasteiger charge is 2.27. The van der Waals surface area contributed by atoms with Crippen LogP contribution in [0.2, 0.25) is 0 Å². The van der Waals surface area contributed by atoms with E-state index < -0.39 is 0 Å². The maximum atomic E-state index is 12.5. The van der Waals surface area contributed by atoms with Crippen molar-refractivity contribution in [1.29, 1.82) is 0 Å². The Morgan fingerprint density at radius 3 is 2.40 bits per heavy atom. The first-order chi connectivity index (χ1) is 12.0. The van der Waals surface area contributed by atoms with Gasteiger partial charge in [-0.2, -0.15) is 0 Å². The van der Waals surface area contributed by atoms with Gasteiger partial charge in [-0.05, 0) is 57.4 Å². The standard InChI is InChI=1S/C20H33N3O2/c1-16(19-6-7-19)13-20(25)23-9-3-5-18(15-23)14-21-8-4-10-22(12-11-21)17(2)24/h13,18-19H,3-12,14-15H2,1-2H3. The van der Waals surface area contributed by atoms with E-state index in [1.165, 1.54) is 24.8 Å². The monoisotopic (exact) mass is 347 g/mol. The van der Waals surface area contributed by atoms with Crippen molar-refractivity contribution in [2.45, 2.75) is 46.0 Å². The molecule has 0 aromatic rings. The minimum Gasteiger partial charge on any atom is -0.342 e. The van der Waals surface area contributed by atoms with Gasteiger partial charge in [-0.25, -0.2) is 0 Å². The average molecular weight is 348 g/mol. The first kappa shape index (κ1) is 18.4. The summed E-state index contributed by atoms with van der Waals surface area (Å²) in [4.78, 5) is 30.6.